The summed E-state index contributed by atoms with van der Waals surface area (Å²) in [6.45, 7) is 2.16. The molecule has 0 saturated heterocycles. The van der Waals surface area contributed by atoms with Crippen LogP contribution in [0, 0.1) is 17.8 Å². The van der Waals surface area contributed by atoms with Gasteiger partial charge in [0.05, 0.1) is 0 Å². The molecule has 0 aromatic rings. The molecule has 1 saturated carbocycles. The minimum atomic E-state index is -4.28. The number of rotatable bonds is 36. The normalized spacial score (nSPS) is 19.1. The van der Waals surface area contributed by atoms with Crippen molar-refractivity contribution in [3.05, 3.63) is 0 Å². The molecule has 3 atom stereocenters. The quantitative estimate of drug-likeness (QED) is 0.0815. The van der Waals surface area contributed by atoms with Crippen molar-refractivity contribution in [3.8, 4) is 0 Å². The van der Waals surface area contributed by atoms with E-state index in [0.717, 1.165) is 12.8 Å². The first-order valence-corrected chi connectivity index (χ1v) is 32.2. The van der Waals surface area contributed by atoms with Crippen LogP contribution in [0.3, 0.4) is 0 Å². The summed E-state index contributed by atoms with van der Waals surface area (Å²) in [4.78, 5) is 0. The lowest BCUT2D eigenvalue weighted by Gasteiger charge is -2.41. The molecule has 0 spiro atoms. The highest BCUT2D eigenvalue weighted by Crippen LogP contribution is 2.45. The third-order valence-corrected chi connectivity index (χ3v) is 34.3. The molecule has 1 fully saturated rings. The van der Waals surface area contributed by atoms with Crippen LogP contribution in [0.1, 0.15) is 32.6 Å². The second kappa shape index (κ2) is 26.8. The van der Waals surface area contributed by atoms with Crippen LogP contribution in [0.25, 0.3) is 0 Å². The first kappa shape index (κ1) is 58.8. The molecule has 0 aromatic carbocycles. The highest BCUT2D eigenvalue weighted by molar-refractivity contribution is 6.83. The summed E-state index contributed by atoms with van der Waals surface area (Å²) < 4.78 is 143. The summed E-state index contributed by atoms with van der Waals surface area (Å²) in [6, 6.07) is 0.280. The van der Waals surface area contributed by atoms with Gasteiger partial charge in [0.1, 0.15) is 0 Å². The van der Waals surface area contributed by atoms with Crippen LogP contribution in [-0.4, -0.2) is 200 Å². The molecule has 0 aliphatic heterocycles. The molecule has 0 radical (unpaired) electrons. The highest BCUT2D eigenvalue weighted by atomic mass is 28.5. The van der Waals surface area contributed by atoms with E-state index in [-0.39, 0.29) is 29.8 Å². The van der Waals surface area contributed by atoms with Gasteiger partial charge < -0.3 is 104 Å². The minimum absolute atomic E-state index is 0.0776. The van der Waals surface area contributed by atoms with Gasteiger partial charge in [0.15, 0.2) is 0 Å². The zero-order valence-corrected chi connectivity index (χ0v) is 46.8. The van der Waals surface area contributed by atoms with Crippen molar-refractivity contribution in [3.63, 3.8) is 0 Å². The van der Waals surface area contributed by atoms with E-state index >= 15 is 0 Å². The molecule has 24 nitrogen and oxygen atoms in total. The van der Waals surface area contributed by atoms with Crippen molar-refractivity contribution in [2.45, 2.75) is 44.7 Å². The van der Waals surface area contributed by atoms with Crippen molar-refractivity contribution in [2.24, 2.45) is 17.8 Å². The molecule has 360 valence electrons. The summed E-state index contributed by atoms with van der Waals surface area (Å²) in [7, 11) is -7.29. The predicted molar refractivity (Wildman–Crippen MR) is 223 cm³/mol. The van der Waals surface area contributed by atoms with Gasteiger partial charge in [-0.15, -0.1) is 0 Å². The van der Waals surface area contributed by atoms with E-state index in [1.54, 1.807) is 0 Å². The van der Waals surface area contributed by atoms with Crippen LogP contribution in [0.2, 0.25) is 12.1 Å². The van der Waals surface area contributed by atoms with Crippen LogP contribution in [-0.2, 0) is 104 Å². The predicted octanol–water partition coefficient (Wildman–Crippen LogP) is 1.66. The standard InChI is InChI=1S/C28H72O24Si8/c1-26-24-27(20-22-53(47-55(29-2,30-3)31-4,48-56(32-5,33-6)34-7)49-57(35-8,36-9)37-10)25-28(26)21-23-54(50-58(38-11,39-12)40-13,51-59(41-14,42-15)43-16)52-60(44-17,45-18)46-19/h26-28H,20-25H2,1-19H3. The molecule has 0 heterocycles. The average molecular weight is 1020 g/mol. The Kier molecular flexibility index (Phi) is 26.3. The van der Waals surface area contributed by atoms with Gasteiger partial charge in [-0.2, -0.15) is 0 Å². The molecule has 0 N–H and O–H groups in total. The molecular formula is C28H72O24Si8. The van der Waals surface area contributed by atoms with E-state index in [0.29, 0.717) is 12.8 Å². The smallest absolute Gasteiger partial charge is 0.355 e. The molecule has 60 heavy (non-hydrogen) atoms. The van der Waals surface area contributed by atoms with Crippen LogP contribution in [0.5, 0.6) is 0 Å². The van der Waals surface area contributed by atoms with Gasteiger partial charge in [-0.1, -0.05) is 6.92 Å². The van der Waals surface area contributed by atoms with Crippen LogP contribution < -0.4 is 0 Å². The summed E-state index contributed by atoms with van der Waals surface area (Å²) >= 11 is 0. The van der Waals surface area contributed by atoms with Crippen molar-refractivity contribution < 1.29 is 104 Å². The third-order valence-electron chi connectivity index (χ3n) is 10.0. The molecule has 32 heteroatoms. The Hall–Kier alpha value is 0.775. The van der Waals surface area contributed by atoms with Gasteiger partial charge in [-0.25, -0.2) is 0 Å². The Morgan fingerprint density at radius 3 is 0.700 bits per heavy atom. The Balaban J connectivity index is 3.83. The van der Waals surface area contributed by atoms with Gasteiger partial charge in [-0.3, -0.25) is 0 Å². The molecule has 0 aromatic heterocycles. The Morgan fingerprint density at radius 2 is 0.500 bits per heavy atom. The fraction of sp³-hybridized carbons (Fsp3) is 1.00. The van der Waals surface area contributed by atoms with Crippen LogP contribution >= 0.6 is 0 Å². The SMILES string of the molecule is CO[Si](OC)(OC)O[Si](CCC1CC(C)C(CC[Si](O[Si](OC)(OC)OC)(O[Si](OC)(OC)OC)O[Si](OC)(OC)OC)C1)(O[Si](OC)(OC)OC)O[Si](OC)(OC)OC. The van der Waals surface area contributed by atoms with E-state index in [2.05, 4.69) is 6.92 Å². The number of hydrogen-bond acceptors (Lipinski definition) is 24. The fourth-order valence-corrected chi connectivity index (χ4v) is 32.0. The zero-order chi connectivity index (χ0) is 45.9. The van der Waals surface area contributed by atoms with E-state index in [1.807, 2.05) is 0 Å². The minimum Gasteiger partial charge on any atom is -0.355 e. The van der Waals surface area contributed by atoms with Crippen molar-refractivity contribution in [1.29, 1.82) is 0 Å². The zero-order valence-electron chi connectivity index (χ0n) is 38.8. The summed E-state index contributed by atoms with van der Waals surface area (Å²) in [5.74, 6) is 0.345. The largest absolute Gasteiger partial charge is 0.671 e. The molecule has 1 aliphatic carbocycles. The van der Waals surface area contributed by atoms with Crippen molar-refractivity contribution in [1.82, 2.24) is 0 Å². The second-order valence-corrected chi connectivity index (χ2v) is 34.8. The summed E-state index contributed by atoms with van der Waals surface area (Å²) in [5.41, 5.74) is 0. The maximum absolute atomic E-state index is 6.66. The Morgan fingerprint density at radius 1 is 0.300 bits per heavy atom. The van der Waals surface area contributed by atoms with E-state index in [1.165, 1.54) is 128 Å². The van der Waals surface area contributed by atoms with E-state index < -0.39 is 71.9 Å². The lowest BCUT2D eigenvalue weighted by Crippen LogP contribution is -2.69. The second-order valence-electron chi connectivity index (χ2n) is 12.8. The average Bonchev–Trinajstić information content (AvgIpc) is 3.67. The summed E-state index contributed by atoms with van der Waals surface area (Å²) in [6.07, 6.45) is 2.51. The number of hydrogen-bond donors (Lipinski definition) is 0. The van der Waals surface area contributed by atoms with Gasteiger partial charge >= 0.3 is 71.9 Å². The van der Waals surface area contributed by atoms with Gasteiger partial charge in [0.2, 0.25) is 0 Å². The van der Waals surface area contributed by atoms with Gasteiger partial charge in [-0.05, 0) is 43.4 Å². The molecule has 1 aliphatic rings. The maximum atomic E-state index is 6.66. The van der Waals surface area contributed by atoms with Crippen LogP contribution in [0.4, 0.5) is 0 Å². The molecular weight excluding hydrogens is 945 g/mol. The van der Waals surface area contributed by atoms with E-state index in [9.17, 15) is 0 Å². The molecule has 1 rings (SSSR count). The fourth-order valence-electron chi connectivity index (χ4n) is 6.68. The Labute approximate surface area is 365 Å². The topological polar surface area (TPSA) is 222 Å². The monoisotopic (exact) mass is 1020 g/mol. The van der Waals surface area contributed by atoms with Crippen molar-refractivity contribution in [2.75, 3.05) is 128 Å². The molecule has 0 amide bonds. The first-order valence-electron chi connectivity index (χ1n) is 18.5. The van der Waals surface area contributed by atoms with Gasteiger partial charge in [0, 0.05) is 140 Å². The molecule has 3 unspecified atom stereocenters. The lowest BCUT2D eigenvalue weighted by molar-refractivity contribution is -0.0289. The summed E-state index contributed by atoms with van der Waals surface area (Å²) in [5, 5.41) is 0. The third kappa shape index (κ3) is 14.9. The maximum Gasteiger partial charge on any atom is 0.671 e. The van der Waals surface area contributed by atoms with Crippen LogP contribution in [0.15, 0.2) is 0 Å². The van der Waals surface area contributed by atoms with Gasteiger partial charge in [0.25, 0.3) is 0 Å². The highest BCUT2D eigenvalue weighted by Gasteiger charge is 2.68. The first-order chi connectivity index (χ1) is 28.4. The van der Waals surface area contributed by atoms with E-state index in [4.69, 9.17) is 104 Å². The molecule has 0 bridgehead atoms. The Bertz CT molecular complexity index is 1010. The lowest BCUT2D eigenvalue weighted by atomic mass is 9.96. The van der Waals surface area contributed by atoms with Crippen molar-refractivity contribution >= 4 is 71.9 Å².